The van der Waals surface area contributed by atoms with Crippen molar-refractivity contribution in [1.82, 2.24) is 5.43 Å². The number of benzene rings is 1. The van der Waals surface area contributed by atoms with Gasteiger partial charge in [0.25, 0.3) is 0 Å². The molecule has 0 radical (unpaired) electrons. The molecule has 0 fully saturated rings. The molecule has 0 aliphatic carbocycles. The van der Waals surface area contributed by atoms with Crippen LogP contribution in [0.5, 0.6) is 0 Å². The van der Waals surface area contributed by atoms with Crippen molar-refractivity contribution in [2.24, 2.45) is 5.84 Å². The summed E-state index contributed by atoms with van der Waals surface area (Å²) in [6.07, 6.45) is -0.101. The minimum Gasteiger partial charge on any atom is -0.383 e. The van der Waals surface area contributed by atoms with Gasteiger partial charge in [0.2, 0.25) is 0 Å². The van der Waals surface area contributed by atoms with Crippen LogP contribution in [0.1, 0.15) is 11.7 Å². The molecule has 0 saturated heterocycles. The lowest BCUT2D eigenvalue weighted by Gasteiger charge is -2.25. The molecular formula is C11H18N2O2. The van der Waals surface area contributed by atoms with Crippen LogP contribution in [0.2, 0.25) is 0 Å². The summed E-state index contributed by atoms with van der Waals surface area (Å²) >= 11 is 0. The number of hydrogen-bond donors (Lipinski definition) is 2. The molecule has 0 aliphatic heterocycles. The van der Waals surface area contributed by atoms with E-state index in [1.54, 1.807) is 14.2 Å². The normalized spacial score (nSPS) is 14.9. The average molecular weight is 210 g/mol. The summed E-state index contributed by atoms with van der Waals surface area (Å²) in [7, 11) is 3.31. The van der Waals surface area contributed by atoms with Gasteiger partial charge in [-0.25, -0.2) is 0 Å². The molecule has 15 heavy (non-hydrogen) atoms. The summed E-state index contributed by atoms with van der Waals surface area (Å²) in [6, 6.07) is 9.88. The number of nitrogens with one attached hydrogen (secondary N) is 1. The molecule has 0 spiro atoms. The van der Waals surface area contributed by atoms with Crippen LogP contribution in [0.15, 0.2) is 30.3 Å². The molecule has 2 unspecified atom stereocenters. The maximum absolute atomic E-state index is 5.46. The van der Waals surface area contributed by atoms with Gasteiger partial charge >= 0.3 is 0 Å². The van der Waals surface area contributed by atoms with Crippen molar-refractivity contribution in [2.75, 3.05) is 20.8 Å². The maximum atomic E-state index is 5.46. The van der Waals surface area contributed by atoms with Gasteiger partial charge in [-0.15, -0.1) is 0 Å². The topological polar surface area (TPSA) is 56.5 Å². The van der Waals surface area contributed by atoms with Gasteiger partial charge in [-0.3, -0.25) is 11.3 Å². The van der Waals surface area contributed by atoms with Gasteiger partial charge < -0.3 is 9.47 Å². The Hall–Kier alpha value is -0.940. The molecule has 1 rings (SSSR count). The minimum atomic E-state index is -0.101. The Bertz CT molecular complexity index is 267. The van der Waals surface area contributed by atoms with E-state index >= 15 is 0 Å². The van der Waals surface area contributed by atoms with Crippen LogP contribution >= 0.6 is 0 Å². The third kappa shape index (κ3) is 3.28. The third-order valence-corrected chi connectivity index (χ3v) is 2.31. The van der Waals surface area contributed by atoms with Crippen LogP contribution in [0.25, 0.3) is 0 Å². The van der Waals surface area contributed by atoms with Crippen LogP contribution < -0.4 is 11.3 Å². The third-order valence-electron chi connectivity index (χ3n) is 2.31. The fourth-order valence-electron chi connectivity index (χ4n) is 1.58. The molecule has 4 nitrogen and oxygen atoms in total. The fourth-order valence-corrected chi connectivity index (χ4v) is 1.58. The Balaban J connectivity index is 2.77. The summed E-state index contributed by atoms with van der Waals surface area (Å²) in [5.41, 5.74) is 3.79. The van der Waals surface area contributed by atoms with Crippen molar-refractivity contribution in [3.63, 3.8) is 0 Å². The van der Waals surface area contributed by atoms with Gasteiger partial charge in [0.1, 0.15) is 6.10 Å². The number of hydrazine groups is 1. The van der Waals surface area contributed by atoms with Crippen molar-refractivity contribution in [1.29, 1.82) is 0 Å². The summed E-state index contributed by atoms with van der Waals surface area (Å²) < 4.78 is 10.5. The van der Waals surface area contributed by atoms with E-state index in [1.165, 1.54) is 0 Å². The molecular weight excluding hydrogens is 192 g/mol. The predicted octanol–water partition coefficient (Wildman–Crippen LogP) is 0.852. The zero-order valence-corrected chi connectivity index (χ0v) is 9.14. The van der Waals surface area contributed by atoms with E-state index in [4.69, 9.17) is 15.3 Å². The first-order chi connectivity index (χ1) is 7.33. The zero-order chi connectivity index (χ0) is 11.1. The van der Waals surface area contributed by atoms with E-state index in [-0.39, 0.29) is 12.1 Å². The van der Waals surface area contributed by atoms with Crippen molar-refractivity contribution < 1.29 is 9.47 Å². The summed E-state index contributed by atoms with van der Waals surface area (Å²) in [5.74, 6) is 5.46. The molecule has 84 valence electrons. The quantitative estimate of drug-likeness (QED) is 0.540. The highest BCUT2D eigenvalue weighted by molar-refractivity contribution is 5.19. The monoisotopic (exact) mass is 210 g/mol. The molecule has 0 amide bonds. The Labute approximate surface area is 90.3 Å². The molecule has 0 heterocycles. The van der Waals surface area contributed by atoms with E-state index in [1.807, 2.05) is 30.3 Å². The second-order valence-electron chi connectivity index (χ2n) is 3.30. The first kappa shape index (κ1) is 12.1. The second kappa shape index (κ2) is 6.53. The Morgan fingerprint density at radius 3 is 2.40 bits per heavy atom. The largest absolute Gasteiger partial charge is 0.383 e. The van der Waals surface area contributed by atoms with E-state index in [0.717, 1.165) is 5.56 Å². The SMILES string of the molecule is COCC(NN)C(OC)c1ccccc1. The highest BCUT2D eigenvalue weighted by atomic mass is 16.5. The highest BCUT2D eigenvalue weighted by Gasteiger charge is 2.21. The van der Waals surface area contributed by atoms with E-state index < -0.39 is 0 Å². The van der Waals surface area contributed by atoms with Gasteiger partial charge in [0.15, 0.2) is 0 Å². The lowest BCUT2D eigenvalue weighted by Crippen LogP contribution is -2.43. The summed E-state index contributed by atoms with van der Waals surface area (Å²) in [4.78, 5) is 0. The summed E-state index contributed by atoms with van der Waals surface area (Å²) in [5, 5.41) is 0. The fraction of sp³-hybridized carbons (Fsp3) is 0.455. The van der Waals surface area contributed by atoms with Crippen LogP contribution in [0.4, 0.5) is 0 Å². The lowest BCUT2D eigenvalue weighted by atomic mass is 10.0. The average Bonchev–Trinajstić information content (AvgIpc) is 2.30. The van der Waals surface area contributed by atoms with Gasteiger partial charge in [-0.2, -0.15) is 0 Å². The number of hydrogen-bond acceptors (Lipinski definition) is 4. The smallest absolute Gasteiger partial charge is 0.101 e. The first-order valence-electron chi connectivity index (χ1n) is 4.86. The standard InChI is InChI=1S/C11H18N2O2/c1-14-8-10(13-12)11(15-2)9-6-4-3-5-7-9/h3-7,10-11,13H,8,12H2,1-2H3. The van der Waals surface area contributed by atoms with Crippen molar-refractivity contribution in [2.45, 2.75) is 12.1 Å². The predicted molar refractivity (Wildman–Crippen MR) is 59.2 cm³/mol. The molecule has 3 N–H and O–H groups in total. The Morgan fingerprint density at radius 1 is 1.27 bits per heavy atom. The molecule has 4 heteroatoms. The molecule has 0 aliphatic rings. The number of methoxy groups -OCH3 is 2. The van der Waals surface area contributed by atoms with Crippen LogP contribution in [-0.2, 0) is 9.47 Å². The molecule has 1 aromatic rings. The molecule has 0 bridgehead atoms. The van der Waals surface area contributed by atoms with Crippen molar-refractivity contribution >= 4 is 0 Å². The van der Waals surface area contributed by atoms with Gasteiger partial charge in [-0.1, -0.05) is 30.3 Å². The molecule has 0 saturated carbocycles. The van der Waals surface area contributed by atoms with Crippen LogP contribution in [0, 0.1) is 0 Å². The maximum Gasteiger partial charge on any atom is 0.101 e. The molecule has 2 atom stereocenters. The molecule has 0 aromatic heterocycles. The second-order valence-corrected chi connectivity index (χ2v) is 3.30. The molecule has 1 aromatic carbocycles. The van der Waals surface area contributed by atoms with Crippen molar-refractivity contribution in [3.05, 3.63) is 35.9 Å². The van der Waals surface area contributed by atoms with Crippen molar-refractivity contribution in [3.8, 4) is 0 Å². The minimum absolute atomic E-state index is 0.0533. The van der Waals surface area contributed by atoms with Gasteiger partial charge in [-0.05, 0) is 5.56 Å². The zero-order valence-electron chi connectivity index (χ0n) is 9.14. The highest BCUT2D eigenvalue weighted by Crippen LogP contribution is 2.19. The number of ether oxygens (including phenoxy) is 2. The summed E-state index contributed by atoms with van der Waals surface area (Å²) in [6.45, 7) is 0.504. The van der Waals surface area contributed by atoms with E-state index in [2.05, 4.69) is 5.43 Å². The van der Waals surface area contributed by atoms with Gasteiger partial charge in [0.05, 0.1) is 12.6 Å². The van der Waals surface area contributed by atoms with Crippen LogP contribution in [0.3, 0.4) is 0 Å². The first-order valence-corrected chi connectivity index (χ1v) is 4.86. The van der Waals surface area contributed by atoms with Crippen LogP contribution in [-0.4, -0.2) is 26.9 Å². The Kier molecular flexibility index (Phi) is 5.28. The lowest BCUT2D eigenvalue weighted by molar-refractivity contribution is 0.0334. The van der Waals surface area contributed by atoms with Gasteiger partial charge in [0, 0.05) is 14.2 Å². The Morgan fingerprint density at radius 2 is 1.93 bits per heavy atom. The van der Waals surface area contributed by atoms with E-state index in [0.29, 0.717) is 6.61 Å². The number of rotatable bonds is 6. The van der Waals surface area contributed by atoms with E-state index in [9.17, 15) is 0 Å². The number of nitrogens with two attached hydrogens (primary N) is 1.